The van der Waals surface area contributed by atoms with E-state index in [9.17, 15) is 34.5 Å². The molecule has 1 saturated heterocycles. The van der Waals surface area contributed by atoms with E-state index in [-0.39, 0.29) is 25.9 Å². The van der Waals surface area contributed by atoms with Gasteiger partial charge in [0.15, 0.2) is 24.6 Å². The van der Waals surface area contributed by atoms with Gasteiger partial charge in [0.05, 0.1) is 6.61 Å². The molecule has 1 rings (SSSR count). The molecule has 1 aliphatic rings. The van der Waals surface area contributed by atoms with Crippen molar-refractivity contribution >= 4 is 23.9 Å². The lowest BCUT2D eigenvalue weighted by Gasteiger charge is -2.40. The number of aliphatic hydroxyl groups is 2. The second kappa shape index (κ2) is 56.9. The predicted molar refractivity (Wildman–Crippen MR) is 331 cm³/mol. The molecule has 6 atom stereocenters. The molecule has 0 aliphatic carbocycles. The van der Waals surface area contributed by atoms with Gasteiger partial charge >= 0.3 is 23.9 Å². The first-order chi connectivity index (χ1) is 39.6. The number of carbonyl (C=O) groups excluding carboxylic acids is 3. The Hall–Kier alpha value is -3.58. The molecule has 0 aromatic rings. The Labute approximate surface area is 494 Å². The fraction of sp³-hybridized carbons (Fsp3) is 0.797. The van der Waals surface area contributed by atoms with Gasteiger partial charge in [-0.05, 0) is 89.9 Å². The van der Waals surface area contributed by atoms with E-state index in [4.69, 9.17) is 23.7 Å². The third-order valence-corrected chi connectivity index (χ3v) is 15.1. The molecule has 0 saturated carbocycles. The Bertz CT molecular complexity index is 1640. The van der Waals surface area contributed by atoms with E-state index >= 15 is 0 Å². The lowest BCUT2D eigenvalue weighted by atomic mass is 9.98. The Morgan fingerprint density at radius 3 is 1.15 bits per heavy atom. The van der Waals surface area contributed by atoms with Crippen LogP contribution in [-0.2, 0) is 42.9 Å². The van der Waals surface area contributed by atoms with Crippen molar-refractivity contribution in [2.24, 2.45) is 0 Å². The molecule has 468 valence electrons. The number of aliphatic carboxylic acids is 1. The van der Waals surface area contributed by atoms with Crippen LogP contribution in [0.15, 0.2) is 60.8 Å². The van der Waals surface area contributed by atoms with E-state index in [1.807, 2.05) is 0 Å². The van der Waals surface area contributed by atoms with E-state index in [1.165, 1.54) is 122 Å². The van der Waals surface area contributed by atoms with Gasteiger partial charge in [-0.25, -0.2) is 4.79 Å². The average Bonchev–Trinajstić information content (AvgIpc) is 3.53. The van der Waals surface area contributed by atoms with E-state index in [2.05, 4.69) is 81.5 Å². The van der Waals surface area contributed by atoms with E-state index in [0.717, 1.165) is 122 Å². The largest absolute Gasteiger partial charge is 0.479 e. The average molecular weight is 1140 g/mol. The summed E-state index contributed by atoms with van der Waals surface area (Å²) in [5.74, 6) is -3.12. The van der Waals surface area contributed by atoms with Crippen LogP contribution in [0.5, 0.6) is 0 Å². The first kappa shape index (κ1) is 75.4. The highest BCUT2D eigenvalue weighted by molar-refractivity contribution is 5.74. The van der Waals surface area contributed by atoms with Gasteiger partial charge in [0, 0.05) is 19.3 Å². The molecule has 0 bridgehead atoms. The molecule has 0 aromatic heterocycles. The minimum Gasteiger partial charge on any atom is -0.479 e. The van der Waals surface area contributed by atoms with Gasteiger partial charge in [-0.3, -0.25) is 14.4 Å². The van der Waals surface area contributed by atoms with Crippen LogP contribution in [0.4, 0.5) is 0 Å². The van der Waals surface area contributed by atoms with Crippen molar-refractivity contribution in [1.82, 2.24) is 0 Å². The monoisotopic (exact) mass is 1140 g/mol. The number of ether oxygens (including phenoxy) is 5. The van der Waals surface area contributed by atoms with Crippen molar-refractivity contribution in [3.05, 3.63) is 60.8 Å². The highest BCUT2D eigenvalue weighted by Gasteiger charge is 2.50. The maximum atomic E-state index is 13.2. The summed E-state index contributed by atoms with van der Waals surface area (Å²) in [5.41, 5.74) is 0. The summed E-state index contributed by atoms with van der Waals surface area (Å²) in [6, 6.07) is 0. The minimum atomic E-state index is -1.91. The second-order valence-corrected chi connectivity index (χ2v) is 22.8. The van der Waals surface area contributed by atoms with E-state index in [0.29, 0.717) is 19.3 Å². The number of unbranched alkanes of at least 4 members (excludes halogenated alkanes) is 33. The molecule has 0 spiro atoms. The fourth-order valence-electron chi connectivity index (χ4n) is 9.94. The molecule has 1 aliphatic heterocycles. The Kier molecular flexibility index (Phi) is 53.0. The summed E-state index contributed by atoms with van der Waals surface area (Å²) in [4.78, 5) is 51.4. The molecule has 0 aromatic carbocycles. The molecule has 3 N–H and O–H groups in total. The maximum absolute atomic E-state index is 13.2. The number of rotatable bonds is 57. The maximum Gasteiger partial charge on any atom is 0.335 e. The van der Waals surface area contributed by atoms with Gasteiger partial charge in [0.1, 0.15) is 18.8 Å². The first-order valence-corrected chi connectivity index (χ1v) is 33.3. The molecule has 0 radical (unpaired) electrons. The highest BCUT2D eigenvalue weighted by Crippen LogP contribution is 2.27. The molecule has 12 heteroatoms. The molecular weight excluding hydrogens is 1020 g/mol. The standard InChI is InChI=1S/C69H120O12/c1-4-7-10-13-16-19-22-25-28-30-31-33-35-37-40-43-46-49-52-55-61(70)77-58-60(79-62(71)56-53-50-47-44-41-39-36-32-29-26-23-20-17-14-11-8-5-2)59-78-69-67(65(74)64(73)66(81-69)68(75)76)80-63(72)57-54-51-48-45-42-38-34-27-24-21-18-15-12-9-6-3/h16-17,19-20,25-26,28-29,31,33,60,64-67,69,73-74H,4-15,18,21-24,27,30,32,34-59H2,1-3H3,(H,75,76)/b19-16-,20-17-,28-25-,29-26-,33-31-. The summed E-state index contributed by atoms with van der Waals surface area (Å²) in [5, 5.41) is 31.6. The van der Waals surface area contributed by atoms with Crippen molar-refractivity contribution in [3.63, 3.8) is 0 Å². The summed E-state index contributed by atoms with van der Waals surface area (Å²) >= 11 is 0. The number of carboxylic acids is 1. The smallest absolute Gasteiger partial charge is 0.335 e. The van der Waals surface area contributed by atoms with Crippen LogP contribution in [0.3, 0.4) is 0 Å². The third-order valence-electron chi connectivity index (χ3n) is 15.1. The van der Waals surface area contributed by atoms with Gasteiger partial charge in [-0.2, -0.15) is 0 Å². The van der Waals surface area contributed by atoms with Crippen LogP contribution in [0.2, 0.25) is 0 Å². The molecule has 6 unspecified atom stereocenters. The van der Waals surface area contributed by atoms with E-state index < -0.39 is 67.3 Å². The number of hydrogen-bond donors (Lipinski definition) is 3. The minimum absolute atomic E-state index is 0.0614. The van der Waals surface area contributed by atoms with Crippen molar-refractivity contribution < 1.29 is 58.2 Å². The number of aliphatic hydroxyl groups excluding tert-OH is 2. The van der Waals surface area contributed by atoms with Crippen LogP contribution >= 0.6 is 0 Å². The Morgan fingerprint density at radius 2 is 0.741 bits per heavy atom. The van der Waals surface area contributed by atoms with Gasteiger partial charge in [-0.1, -0.05) is 255 Å². The van der Waals surface area contributed by atoms with Gasteiger partial charge < -0.3 is 39.0 Å². The molecule has 1 fully saturated rings. The zero-order valence-electron chi connectivity index (χ0n) is 51.8. The zero-order valence-corrected chi connectivity index (χ0v) is 51.8. The van der Waals surface area contributed by atoms with Crippen LogP contribution in [0.25, 0.3) is 0 Å². The topological polar surface area (TPSA) is 175 Å². The Morgan fingerprint density at radius 1 is 0.407 bits per heavy atom. The van der Waals surface area contributed by atoms with Gasteiger partial charge in [0.2, 0.25) is 0 Å². The summed E-state index contributed by atoms with van der Waals surface area (Å²) in [7, 11) is 0. The first-order valence-electron chi connectivity index (χ1n) is 33.3. The lowest BCUT2D eigenvalue weighted by Crippen LogP contribution is -2.61. The van der Waals surface area contributed by atoms with Crippen molar-refractivity contribution in [3.8, 4) is 0 Å². The normalized spacial score (nSPS) is 18.1. The zero-order chi connectivity index (χ0) is 58.9. The van der Waals surface area contributed by atoms with Crippen molar-refractivity contribution in [1.29, 1.82) is 0 Å². The number of hydrogen-bond acceptors (Lipinski definition) is 11. The summed E-state index contributed by atoms with van der Waals surface area (Å²) < 4.78 is 28.6. The Balaban J connectivity index is 2.66. The van der Waals surface area contributed by atoms with Gasteiger partial charge in [-0.15, -0.1) is 0 Å². The number of allylic oxidation sites excluding steroid dienone is 10. The van der Waals surface area contributed by atoms with Crippen LogP contribution in [-0.4, -0.2) is 89.2 Å². The van der Waals surface area contributed by atoms with Crippen molar-refractivity contribution in [2.45, 2.75) is 340 Å². The molecular formula is C69H120O12. The number of esters is 3. The number of carboxylic acid groups (broad SMARTS) is 1. The van der Waals surface area contributed by atoms with Crippen LogP contribution < -0.4 is 0 Å². The molecule has 81 heavy (non-hydrogen) atoms. The lowest BCUT2D eigenvalue weighted by molar-refractivity contribution is -0.301. The number of carbonyl (C=O) groups is 4. The van der Waals surface area contributed by atoms with Crippen LogP contribution in [0, 0.1) is 0 Å². The van der Waals surface area contributed by atoms with E-state index in [1.54, 1.807) is 0 Å². The van der Waals surface area contributed by atoms with Crippen LogP contribution in [0.1, 0.15) is 303 Å². The molecule has 1 heterocycles. The highest BCUT2D eigenvalue weighted by atomic mass is 16.7. The fourth-order valence-corrected chi connectivity index (χ4v) is 9.94. The summed E-state index contributed by atoms with van der Waals surface area (Å²) in [6.45, 7) is 5.96. The molecule has 0 amide bonds. The predicted octanol–water partition coefficient (Wildman–Crippen LogP) is 17.9. The van der Waals surface area contributed by atoms with Crippen molar-refractivity contribution in [2.75, 3.05) is 13.2 Å². The quantitative estimate of drug-likeness (QED) is 0.0228. The molecule has 12 nitrogen and oxygen atoms in total. The van der Waals surface area contributed by atoms with Gasteiger partial charge in [0.25, 0.3) is 0 Å². The SMILES string of the molecule is CCCCC/C=C\C/C=C\C/C=C\CCCCCCCCC(=O)OCC(COC1OC(C(=O)O)C(O)C(O)C1OC(=O)CCCCCCCCCCCCCCCCC)OC(=O)CCCCCCCCC/C=C\C/C=C\CCCCC. The second-order valence-electron chi connectivity index (χ2n) is 22.8. The summed E-state index contributed by atoms with van der Waals surface area (Å²) in [6.07, 6.45) is 58.8. The third kappa shape index (κ3) is 46.5.